The van der Waals surface area contributed by atoms with Gasteiger partial charge in [-0.2, -0.15) is 0 Å². The summed E-state index contributed by atoms with van der Waals surface area (Å²) < 4.78 is 61.6. The van der Waals surface area contributed by atoms with E-state index in [0.29, 0.717) is 19.3 Å². The fraction of sp³-hybridized carbons (Fsp3) is 0.729. The van der Waals surface area contributed by atoms with E-state index in [4.69, 9.17) is 32.3 Å². The third kappa shape index (κ3) is 99.6. The monoisotopic (exact) mass is 1790 g/mol. The second kappa shape index (κ2) is 98.2. The number of hydrogen-bond donors (Lipinski definition) is 4. The van der Waals surface area contributed by atoms with Crippen molar-refractivity contribution in [2.24, 2.45) is 0 Å². The molecular formula is C107H186O16P2. The van der Waals surface area contributed by atoms with Crippen molar-refractivity contribution in [3.63, 3.8) is 0 Å². The lowest BCUT2D eigenvalue weighted by Crippen LogP contribution is -2.30. The Morgan fingerprint density at radius 3 is 0.672 bits per heavy atom. The van der Waals surface area contributed by atoms with Gasteiger partial charge in [0.2, 0.25) is 0 Å². The minimum Gasteiger partial charge on any atom is -0.463 e. The first-order valence-electron chi connectivity index (χ1n) is 50.8. The van der Waals surface area contributed by atoms with Gasteiger partial charge in [0, 0.05) is 19.3 Å². The third-order valence-corrected chi connectivity index (χ3v) is 23.6. The molecule has 0 aliphatic rings. The smallest absolute Gasteiger partial charge is 0.463 e. The Hall–Kier alpha value is -4.83. The van der Waals surface area contributed by atoms with Gasteiger partial charge in [-0.3, -0.25) is 32.5 Å². The highest BCUT2D eigenvalue weighted by Crippen LogP contribution is 2.45. The van der Waals surface area contributed by atoms with E-state index < -0.39 is 91.5 Å². The number of ether oxygens (including phenoxy) is 3. The van der Waals surface area contributed by atoms with Crippen molar-refractivity contribution in [3.05, 3.63) is 158 Å². The van der Waals surface area contributed by atoms with Gasteiger partial charge >= 0.3 is 33.6 Å². The number of hydrogen-bond acceptors (Lipinski definition) is 14. The highest BCUT2D eigenvalue weighted by atomic mass is 31.2. The van der Waals surface area contributed by atoms with Gasteiger partial charge in [0.05, 0.1) is 26.4 Å². The largest absolute Gasteiger partial charge is 0.472 e. The Kier molecular flexibility index (Phi) is 94.4. The maximum atomic E-state index is 13.1. The normalized spacial score (nSPS) is 14.3. The molecule has 5 atom stereocenters. The van der Waals surface area contributed by atoms with Crippen LogP contribution in [-0.4, -0.2) is 95.9 Å². The Morgan fingerprint density at radius 2 is 0.424 bits per heavy atom. The highest BCUT2D eigenvalue weighted by molar-refractivity contribution is 7.47. The van der Waals surface area contributed by atoms with Crippen molar-refractivity contribution in [1.82, 2.24) is 0 Å². The Balaban J connectivity index is 4.48. The highest BCUT2D eigenvalue weighted by Gasteiger charge is 2.30. The Bertz CT molecular complexity index is 2900. The van der Waals surface area contributed by atoms with Gasteiger partial charge in [-0.1, -0.05) is 429 Å². The van der Waals surface area contributed by atoms with E-state index in [0.717, 1.165) is 154 Å². The molecular weight excluding hydrogens is 1600 g/mol. The van der Waals surface area contributed by atoms with Crippen LogP contribution in [0.1, 0.15) is 445 Å². The van der Waals surface area contributed by atoms with E-state index in [9.17, 15) is 43.5 Å². The predicted octanol–water partition coefficient (Wildman–Crippen LogP) is 32.0. The van der Waals surface area contributed by atoms with Crippen LogP contribution in [0.3, 0.4) is 0 Å². The van der Waals surface area contributed by atoms with Crippen LogP contribution in [0.25, 0.3) is 0 Å². The Labute approximate surface area is 765 Å². The molecule has 125 heavy (non-hydrogen) atoms. The number of phosphoric ester groups is 2. The average molecular weight is 1790 g/mol. The number of phosphoric acid groups is 2. The average Bonchev–Trinajstić information content (AvgIpc) is 0.893. The number of carbonyl (C=O) groups excluding carboxylic acids is 3. The van der Waals surface area contributed by atoms with Gasteiger partial charge in [-0.15, -0.1) is 0 Å². The van der Waals surface area contributed by atoms with Crippen molar-refractivity contribution in [3.8, 4) is 0 Å². The van der Waals surface area contributed by atoms with Gasteiger partial charge in [-0.05, 0) is 154 Å². The van der Waals surface area contributed by atoms with Crippen LogP contribution in [-0.2, 0) is 55.8 Å². The second-order valence-corrected chi connectivity index (χ2v) is 36.8. The zero-order valence-corrected chi connectivity index (χ0v) is 81.5. The molecule has 5 unspecified atom stereocenters. The third-order valence-electron chi connectivity index (χ3n) is 21.7. The molecule has 0 aliphatic carbocycles. The van der Waals surface area contributed by atoms with Crippen LogP contribution >= 0.6 is 15.6 Å². The number of rotatable bonds is 96. The maximum Gasteiger partial charge on any atom is 0.472 e. The minimum atomic E-state index is -4.95. The van der Waals surface area contributed by atoms with Crippen LogP contribution in [0.4, 0.5) is 0 Å². The molecule has 720 valence electrons. The summed E-state index contributed by atoms with van der Waals surface area (Å²) in [6.07, 6.45) is 127. The quantitative estimate of drug-likeness (QED) is 0.0146. The van der Waals surface area contributed by atoms with Crippen molar-refractivity contribution < 1.29 is 75.8 Å². The molecule has 0 spiro atoms. The molecule has 0 saturated carbocycles. The summed E-state index contributed by atoms with van der Waals surface area (Å²) in [7, 11) is -9.81. The molecule has 0 heterocycles. The maximum absolute atomic E-state index is 13.1. The molecule has 0 aromatic carbocycles. The topological polar surface area (TPSA) is 231 Å². The lowest BCUT2D eigenvalue weighted by Gasteiger charge is -2.21. The summed E-state index contributed by atoms with van der Waals surface area (Å²) in [6.45, 7) is 2.57. The predicted molar refractivity (Wildman–Crippen MR) is 528 cm³/mol. The molecule has 16 nitrogen and oxygen atoms in total. The minimum absolute atomic E-state index is 0.0900. The van der Waals surface area contributed by atoms with E-state index in [1.54, 1.807) is 0 Å². The molecule has 18 heteroatoms. The van der Waals surface area contributed by atoms with Crippen LogP contribution in [0.15, 0.2) is 158 Å². The zero-order chi connectivity index (χ0) is 90.7. The first-order chi connectivity index (χ1) is 61.2. The van der Waals surface area contributed by atoms with Crippen LogP contribution < -0.4 is 0 Å². The van der Waals surface area contributed by atoms with E-state index in [2.05, 4.69) is 179 Å². The lowest BCUT2D eigenvalue weighted by molar-refractivity contribution is -0.161. The molecule has 0 saturated heterocycles. The molecule has 0 fully saturated rings. The number of aliphatic hydroxyl groups excluding tert-OH is 2. The first-order valence-corrected chi connectivity index (χ1v) is 53.8. The molecule has 0 aromatic heterocycles. The van der Waals surface area contributed by atoms with Gasteiger partial charge in [0.15, 0.2) is 6.10 Å². The molecule has 0 aromatic rings. The van der Waals surface area contributed by atoms with Crippen LogP contribution in [0.2, 0.25) is 0 Å². The summed E-state index contributed by atoms with van der Waals surface area (Å²) in [5, 5.41) is 20.8. The fourth-order valence-corrected chi connectivity index (χ4v) is 15.6. The van der Waals surface area contributed by atoms with Crippen molar-refractivity contribution in [2.75, 3.05) is 39.6 Å². The zero-order valence-electron chi connectivity index (χ0n) is 79.7. The Morgan fingerprint density at radius 1 is 0.232 bits per heavy atom. The molecule has 4 N–H and O–H groups in total. The summed E-state index contributed by atoms with van der Waals surface area (Å²) in [5.41, 5.74) is 0. The summed E-state index contributed by atoms with van der Waals surface area (Å²) in [6, 6.07) is 0. The SMILES string of the molecule is CC/C=C\C/C=C\C/C=C\C/C=C\C/C=C\C/C=C\CCCCCCCCCCCCCCCCCCC(=O)OCC(O)COP(=O)(O)OCC(O)COP(=O)(O)OCC(COC(=O)CCCCCCCCCCCCCCCCCCCCC/C=C\C/C=C\C/C=C\C/C=C\CCCCC)OC(=O)CCCCCCCC/C=C\C/C=C\C/C=C\CCCCC. The number of aliphatic hydroxyl groups is 2. The standard InChI is InChI=1S/C107H186O16P2/c1-4-7-10-13-16-19-22-25-28-31-34-36-38-40-42-44-46-48-50-52-54-56-58-60-62-64-67-69-72-75-78-81-84-87-90-93-105(110)117-96-102(108)97-119-124(113,114)120-98-103(109)99-121-125(115,116)122-101-104(123-107(112)95-92-89-86-83-80-77-74-71-66-33-30-27-24-21-18-15-12-9-6-3)100-118-106(111)94-91-88-85-82-79-76-73-70-68-65-63-61-59-57-55-53-51-49-47-45-43-41-39-37-35-32-29-26-23-20-17-14-11-8-5-2/h7,10,16-21,25-30,34-37,40-43,46,48,66,71,102-104,108-109H,4-6,8-9,11-15,22-24,31-33,38-39,44-45,47,49-65,67-70,72-101H2,1-3H3,(H,113,114)(H,115,116)/b10-7-,19-16-,20-17-,21-18-,28-25-,29-26-,30-27-,36-34-,37-35-,42-40-,43-41-,48-46-,71-66-. The lowest BCUT2D eigenvalue weighted by atomic mass is 10.0. The van der Waals surface area contributed by atoms with Gasteiger partial charge in [0.1, 0.15) is 25.4 Å². The van der Waals surface area contributed by atoms with E-state index >= 15 is 0 Å². The summed E-state index contributed by atoms with van der Waals surface area (Å²) in [4.78, 5) is 59.1. The number of esters is 3. The molecule has 0 aliphatic heterocycles. The van der Waals surface area contributed by atoms with Gasteiger partial charge in [0.25, 0.3) is 0 Å². The van der Waals surface area contributed by atoms with Gasteiger partial charge < -0.3 is 34.2 Å². The van der Waals surface area contributed by atoms with E-state index in [1.165, 1.54) is 231 Å². The van der Waals surface area contributed by atoms with Crippen LogP contribution in [0, 0.1) is 0 Å². The second-order valence-electron chi connectivity index (χ2n) is 33.9. The molecule has 0 radical (unpaired) electrons. The number of allylic oxidation sites excluding steroid dienone is 26. The van der Waals surface area contributed by atoms with Crippen LogP contribution in [0.5, 0.6) is 0 Å². The van der Waals surface area contributed by atoms with E-state index in [-0.39, 0.29) is 19.3 Å². The van der Waals surface area contributed by atoms with E-state index in [1.807, 2.05) is 0 Å². The van der Waals surface area contributed by atoms with Crippen molar-refractivity contribution >= 4 is 33.6 Å². The molecule has 0 bridgehead atoms. The van der Waals surface area contributed by atoms with Crippen molar-refractivity contribution in [2.45, 2.75) is 463 Å². The summed E-state index contributed by atoms with van der Waals surface area (Å²) in [5.74, 6) is -1.57. The molecule has 0 amide bonds. The number of carbonyl (C=O) groups is 3. The van der Waals surface area contributed by atoms with Gasteiger partial charge in [-0.25, -0.2) is 9.13 Å². The fourth-order valence-electron chi connectivity index (χ4n) is 14.0. The first kappa shape index (κ1) is 120. The molecule has 0 rings (SSSR count). The van der Waals surface area contributed by atoms with Crippen molar-refractivity contribution in [1.29, 1.82) is 0 Å². The number of unbranched alkanes of at least 4 members (excludes halogenated alkanes) is 47. The summed E-state index contributed by atoms with van der Waals surface area (Å²) >= 11 is 0.